The highest BCUT2D eigenvalue weighted by atomic mass is 127. The summed E-state index contributed by atoms with van der Waals surface area (Å²) in [7, 11) is 0. The van der Waals surface area contributed by atoms with Crippen molar-refractivity contribution < 1.29 is 4.79 Å². The minimum atomic E-state index is -0.477. The third-order valence-corrected chi connectivity index (χ3v) is 4.04. The van der Waals surface area contributed by atoms with Gasteiger partial charge in [-0.25, -0.2) is 4.98 Å². The molecule has 114 valence electrons. The van der Waals surface area contributed by atoms with Crippen LogP contribution in [-0.2, 0) is 0 Å². The van der Waals surface area contributed by atoms with E-state index >= 15 is 0 Å². The molecule has 0 spiro atoms. The van der Waals surface area contributed by atoms with Crippen LogP contribution in [0.2, 0.25) is 0 Å². The van der Waals surface area contributed by atoms with Gasteiger partial charge in [0.1, 0.15) is 0 Å². The van der Waals surface area contributed by atoms with E-state index in [-0.39, 0.29) is 5.96 Å². The maximum Gasteiger partial charge on any atom is 0.280 e. The van der Waals surface area contributed by atoms with Gasteiger partial charge in [0.25, 0.3) is 5.91 Å². The molecular weight excluding hydrogens is 403 g/mol. The van der Waals surface area contributed by atoms with Crippen molar-refractivity contribution >= 4 is 45.4 Å². The Balaban J connectivity index is 2.23. The molecule has 23 heavy (non-hydrogen) atoms. The van der Waals surface area contributed by atoms with Gasteiger partial charge in [-0.15, -0.1) is 0 Å². The standard InChI is InChI=1S/C17H13IN4O/c18-11-7-5-10(6-8-11)15-9-13(16(23)22-17(19)20)12-3-1-2-4-14(12)21-15/h1-9H,(H4,19,20,22,23). The molecule has 0 atom stereocenters. The number of benzene rings is 2. The van der Waals surface area contributed by atoms with Crippen molar-refractivity contribution in [3.05, 3.63) is 63.7 Å². The number of amides is 1. The number of carbonyl (C=O) groups is 1. The molecule has 0 bridgehead atoms. The first-order valence-electron chi connectivity index (χ1n) is 6.84. The smallest absolute Gasteiger partial charge is 0.280 e. The van der Waals surface area contributed by atoms with E-state index in [9.17, 15) is 4.79 Å². The minimum absolute atomic E-state index is 0.258. The molecule has 0 fully saturated rings. The number of carbonyl (C=O) groups excluding carboxylic acids is 1. The predicted octanol–water partition coefficient (Wildman–Crippen LogP) is 2.92. The number of pyridine rings is 1. The highest BCUT2D eigenvalue weighted by molar-refractivity contribution is 14.1. The molecule has 0 aliphatic heterocycles. The fourth-order valence-corrected chi connectivity index (χ4v) is 2.66. The van der Waals surface area contributed by atoms with Crippen molar-refractivity contribution in [3.63, 3.8) is 0 Å². The number of hydrogen-bond donors (Lipinski definition) is 2. The summed E-state index contributed by atoms with van der Waals surface area (Å²) >= 11 is 2.24. The van der Waals surface area contributed by atoms with Gasteiger partial charge < -0.3 is 11.5 Å². The van der Waals surface area contributed by atoms with Crippen LogP contribution in [0.25, 0.3) is 22.2 Å². The first-order chi connectivity index (χ1) is 11.0. The van der Waals surface area contributed by atoms with Crippen LogP contribution in [0.1, 0.15) is 10.4 Å². The Labute approximate surface area is 146 Å². The van der Waals surface area contributed by atoms with Crippen LogP contribution < -0.4 is 11.5 Å². The van der Waals surface area contributed by atoms with Crippen molar-refractivity contribution in [2.75, 3.05) is 0 Å². The highest BCUT2D eigenvalue weighted by Gasteiger charge is 2.13. The number of aliphatic imine (C=N–C) groups is 1. The maximum atomic E-state index is 12.3. The van der Waals surface area contributed by atoms with Crippen LogP contribution in [0.15, 0.2) is 59.6 Å². The molecule has 0 saturated carbocycles. The van der Waals surface area contributed by atoms with Crippen LogP contribution in [0.5, 0.6) is 0 Å². The second-order valence-corrected chi connectivity index (χ2v) is 6.17. The van der Waals surface area contributed by atoms with Crippen molar-refractivity contribution in [3.8, 4) is 11.3 Å². The van der Waals surface area contributed by atoms with Gasteiger partial charge in [0, 0.05) is 14.5 Å². The molecule has 3 aromatic rings. The van der Waals surface area contributed by atoms with Crippen molar-refractivity contribution in [1.29, 1.82) is 0 Å². The Morgan fingerprint density at radius 2 is 1.74 bits per heavy atom. The van der Waals surface area contributed by atoms with Gasteiger partial charge in [0.05, 0.1) is 16.8 Å². The molecule has 3 rings (SSSR count). The van der Waals surface area contributed by atoms with E-state index in [4.69, 9.17) is 11.5 Å². The maximum absolute atomic E-state index is 12.3. The topological polar surface area (TPSA) is 94.4 Å². The van der Waals surface area contributed by atoms with Gasteiger partial charge in [-0.2, -0.15) is 4.99 Å². The number of aromatic nitrogens is 1. The molecular formula is C17H13IN4O. The number of nitrogens with zero attached hydrogens (tertiary/aromatic N) is 2. The lowest BCUT2D eigenvalue weighted by atomic mass is 10.0. The second-order valence-electron chi connectivity index (χ2n) is 4.92. The molecule has 2 aromatic carbocycles. The van der Waals surface area contributed by atoms with E-state index in [2.05, 4.69) is 32.6 Å². The average Bonchev–Trinajstić information content (AvgIpc) is 2.54. The molecule has 6 heteroatoms. The van der Waals surface area contributed by atoms with Crippen molar-refractivity contribution in [2.45, 2.75) is 0 Å². The predicted molar refractivity (Wildman–Crippen MR) is 100 cm³/mol. The highest BCUT2D eigenvalue weighted by Crippen LogP contribution is 2.26. The van der Waals surface area contributed by atoms with E-state index in [1.54, 1.807) is 6.07 Å². The average molecular weight is 416 g/mol. The number of guanidine groups is 1. The van der Waals surface area contributed by atoms with Crippen LogP contribution in [0, 0.1) is 3.57 Å². The third kappa shape index (κ3) is 3.31. The van der Waals surface area contributed by atoms with Crippen LogP contribution in [0.4, 0.5) is 0 Å². The van der Waals surface area contributed by atoms with E-state index < -0.39 is 5.91 Å². The number of hydrogen-bond acceptors (Lipinski definition) is 2. The molecule has 0 aliphatic rings. The summed E-state index contributed by atoms with van der Waals surface area (Å²) in [6, 6.07) is 17.0. The summed E-state index contributed by atoms with van der Waals surface area (Å²) in [6.45, 7) is 0. The largest absolute Gasteiger partial charge is 0.370 e. The lowest BCUT2D eigenvalue weighted by Crippen LogP contribution is -2.24. The molecule has 0 radical (unpaired) electrons. The Bertz CT molecular complexity index is 916. The quantitative estimate of drug-likeness (QED) is 0.382. The van der Waals surface area contributed by atoms with E-state index in [0.717, 1.165) is 20.0 Å². The SMILES string of the molecule is NC(N)=NC(=O)c1cc(-c2ccc(I)cc2)nc2ccccc12. The molecule has 0 saturated heterocycles. The monoisotopic (exact) mass is 416 g/mol. The molecule has 4 N–H and O–H groups in total. The molecule has 1 amide bonds. The molecule has 5 nitrogen and oxygen atoms in total. The normalized spacial score (nSPS) is 10.5. The van der Waals surface area contributed by atoms with Gasteiger partial charge in [0.15, 0.2) is 5.96 Å². The summed E-state index contributed by atoms with van der Waals surface area (Å²) < 4.78 is 1.13. The van der Waals surface area contributed by atoms with E-state index in [1.165, 1.54) is 0 Å². The first-order valence-corrected chi connectivity index (χ1v) is 7.92. The van der Waals surface area contributed by atoms with E-state index in [0.29, 0.717) is 11.3 Å². The van der Waals surface area contributed by atoms with Crippen LogP contribution in [0.3, 0.4) is 0 Å². The Morgan fingerprint density at radius 3 is 2.43 bits per heavy atom. The Morgan fingerprint density at radius 1 is 1.04 bits per heavy atom. The van der Waals surface area contributed by atoms with Crippen molar-refractivity contribution in [2.24, 2.45) is 16.5 Å². The third-order valence-electron chi connectivity index (χ3n) is 3.32. The number of fused-ring (bicyclic) bond motifs is 1. The zero-order valence-electron chi connectivity index (χ0n) is 12.0. The number of halogens is 1. The van der Waals surface area contributed by atoms with E-state index in [1.807, 2.05) is 48.5 Å². The lowest BCUT2D eigenvalue weighted by molar-refractivity contribution is 0.100. The first kappa shape index (κ1) is 15.4. The summed E-state index contributed by atoms with van der Waals surface area (Å²) in [5.74, 6) is -0.734. The van der Waals surface area contributed by atoms with Gasteiger partial charge in [-0.05, 0) is 46.9 Å². The number of rotatable bonds is 2. The fraction of sp³-hybridized carbons (Fsp3) is 0. The van der Waals surface area contributed by atoms with Crippen LogP contribution in [-0.4, -0.2) is 16.9 Å². The second kappa shape index (κ2) is 6.33. The molecule has 1 aromatic heterocycles. The van der Waals surface area contributed by atoms with Crippen LogP contribution >= 0.6 is 22.6 Å². The summed E-state index contributed by atoms with van der Waals surface area (Å²) in [4.78, 5) is 20.6. The molecule has 0 unspecified atom stereocenters. The van der Waals surface area contributed by atoms with Gasteiger partial charge in [-0.3, -0.25) is 4.79 Å². The zero-order valence-corrected chi connectivity index (χ0v) is 14.2. The van der Waals surface area contributed by atoms with Gasteiger partial charge in [-0.1, -0.05) is 30.3 Å². The minimum Gasteiger partial charge on any atom is -0.370 e. The lowest BCUT2D eigenvalue weighted by Gasteiger charge is -2.08. The summed E-state index contributed by atoms with van der Waals surface area (Å²) in [6.07, 6.45) is 0. The number of para-hydroxylation sites is 1. The number of nitrogens with two attached hydrogens (primary N) is 2. The zero-order chi connectivity index (χ0) is 16.4. The van der Waals surface area contributed by atoms with Gasteiger partial charge >= 0.3 is 0 Å². The Kier molecular flexibility index (Phi) is 4.24. The fourth-order valence-electron chi connectivity index (χ4n) is 2.30. The van der Waals surface area contributed by atoms with Crippen molar-refractivity contribution in [1.82, 2.24) is 4.98 Å². The summed E-state index contributed by atoms with van der Waals surface area (Å²) in [5, 5.41) is 0.719. The summed E-state index contributed by atoms with van der Waals surface area (Å²) in [5.41, 5.74) is 13.4. The Hall–Kier alpha value is -2.48. The molecule has 0 aliphatic carbocycles. The van der Waals surface area contributed by atoms with Gasteiger partial charge in [0.2, 0.25) is 0 Å². The molecule has 1 heterocycles.